The van der Waals surface area contributed by atoms with Crippen LogP contribution in [0.2, 0.25) is 0 Å². The number of fused-ring (bicyclic) bond motifs is 6. The molecule has 3 heterocycles. The molecule has 2 atom stereocenters. The third-order valence-corrected chi connectivity index (χ3v) is 8.90. The summed E-state index contributed by atoms with van der Waals surface area (Å²) in [4.78, 5) is 11.8. The number of para-hydroxylation sites is 1. The van der Waals surface area contributed by atoms with Crippen molar-refractivity contribution in [1.29, 1.82) is 0 Å². The number of nitrogens with zero attached hydrogens (tertiary/aromatic N) is 3. The van der Waals surface area contributed by atoms with E-state index >= 15 is 0 Å². The smallest absolute Gasteiger partial charge is 0.101 e. The molecule has 4 heteroatoms. The molecule has 5 aromatic carbocycles. The van der Waals surface area contributed by atoms with Gasteiger partial charge in [0.25, 0.3) is 0 Å². The summed E-state index contributed by atoms with van der Waals surface area (Å²) in [6.07, 6.45) is 13.1. The summed E-state index contributed by atoms with van der Waals surface area (Å²) in [5.74, 6) is 0. The monoisotopic (exact) mass is 580 g/mol. The molecule has 0 saturated carbocycles. The van der Waals surface area contributed by atoms with Crippen LogP contribution in [0.15, 0.2) is 157 Å². The Morgan fingerprint density at radius 3 is 2.38 bits per heavy atom. The zero-order chi connectivity index (χ0) is 30.2. The van der Waals surface area contributed by atoms with E-state index in [4.69, 9.17) is 10.7 Å². The minimum absolute atomic E-state index is 0.111. The van der Waals surface area contributed by atoms with E-state index < -0.39 is 0 Å². The minimum atomic E-state index is 0.111. The summed E-state index contributed by atoms with van der Waals surface area (Å²) in [6, 6.07) is 43.0. The number of hydrogen-bond acceptors (Lipinski definition) is 4. The van der Waals surface area contributed by atoms with Gasteiger partial charge in [0.2, 0.25) is 0 Å². The highest BCUT2D eigenvalue weighted by Gasteiger charge is 2.38. The van der Waals surface area contributed by atoms with E-state index in [0.29, 0.717) is 12.1 Å². The van der Waals surface area contributed by atoms with E-state index in [2.05, 4.69) is 137 Å². The number of allylic oxidation sites excluding steroid dienone is 4. The fraction of sp³-hybridized carbons (Fsp3) is 0.0732. The lowest BCUT2D eigenvalue weighted by Gasteiger charge is -2.28. The number of pyridine rings is 1. The van der Waals surface area contributed by atoms with Crippen molar-refractivity contribution in [3.63, 3.8) is 0 Å². The van der Waals surface area contributed by atoms with Crippen LogP contribution in [0.5, 0.6) is 0 Å². The second-order valence-corrected chi connectivity index (χ2v) is 11.6. The lowest BCUT2D eigenvalue weighted by molar-refractivity contribution is 0.667. The number of benzene rings is 5. The summed E-state index contributed by atoms with van der Waals surface area (Å²) in [7, 11) is 0. The van der Waals surface area contributed by atoms with Gasteiger partial charge >= 0.3 is 0 Å². The van der Waals surface area contributed by atoms with Gasteiger partial charge in [-0.25, -0.2) is 0 Å². The predicted molar refractivity (Wildman–Crippen MR) is 189 cm³/mol. The SMILES string of the molecule is N/C(=C\C(=C/Cc1ccccn1)c1cc2ccccc2c2ccccc12)c1ccc(N2c3ccccc3C3N=CC=CC32)cc1. The number of hydrogen-bond donors (Lipinski definition) is 1. The van der Waals surface area contributed by atoms with Gasteiger partial charge in [0.15, 0.2) is 0 Å². The molecule has 2 aliphatic rings. The van der Waals surface area contributed by atoms with Gasteiger partial charge in [-0.15, -0.1) is 0 Å². The average Bonchev–Trinajstić information content (AvgIpc) is 3.44. The quantitative estimate of drug-likeness (QED) is 0.158. The highest BCUT2D eigenvalue weighted by atomic mass is 15.2. The molecule has 2 aliphatic heterocycles. The minimum Gasteiger partial charge on any atom is -0.398 e. The molecule has 1 aromatic heterocycles. The van der Waals surface area contributed by atoms with Crippen LogP contribution in [0.1, 0.15) is 28.4 Å². The molecule has 0 bridgehead atoms. The topological polar surface area (TPSA) is 54.5 Å². The van der Waals surface area contributed by atoms with Crippen molar-refractivity contribution in [2.24, 2.45) is 10.7 Å². The van der Waals surface area contributed by atoms with Crippen LogP contribution in [0, 0.1) is 0 Å². The molecular weight excluding hydrogens is 548 g/mol. The first-order valence-electron chi connectivity index (χ1n) is 15.4. The van der Waals surface area contributed by atoms with Crippen molar-refractivity contribution >= 4 is 50.4 Å². The van der Waals surface area contributed by atoms with Crippen molar-refractivity contribution in [2.45, 2.75) is 18.5 Å². The Balaban J connectivity index is 1.19. The molecule has 6 aromatic rings. The summed E-state index contributed by atoms with van der Waals surface area (Å²) in [6.45, 7) is 0. The highest BCUT2D eigenvalue weighted by molar-refractivity contribution is 6.12. The molecule has 0 spiro atoms. The Labute approximate surface area is 263 Å². The number of dihydropyridines is 1. The van der Waals surface area contributed by atoms with Crippen LogP contribution in [0.25, 0.3) is 32.8 Å². The lowest BCUT2D eigenvalue weighted by Crippen LogP contribution is -2.28. The number of anilines is 2. The van der Waals surface area contributed by atoms with Crippen LogP contribution < -0.4 is 10.6 Å². The molecule has 0 amide bonds. The molecule has 4 nitrogen and oxygen atoms in total. The highest BCUT2D eigenvalue weighted by Crippen LogP contribution is 2.47. The Morgan fingerprint density at radius 2 is 1.53 bits per heavy atom. The summed E-state index contributed by atoms with van der Waals surface area (Å²) in [5, 5.41) is 4.89. The summed E-state index contributed by atoms with van der Waals surface area (Å²) >= 11 is 0. The maximum atomic E-state index is 6.91. The average molecular weight is 581 g/mol. The Kier molecular flexibility index (Phi) is 6.80. The predicted octanol–water partition coefficient (Wildman–Crippen LogP) is 9.22. The van der Waals surface area contributed by atoms with Gasteiger partial charge in [0.05, 0.1) is 6.04 Å². The molecule has 0 saturated heterocycles. The molecule has 0 fully saturated rings. The first kappa shape index (κ1) is 26.9. The lowest BCUT2D eigenvalue weighted by atomic mass is 9.91. The second-order valence-electron chi connectivity index (χ2n) is 11.6. The molecule has 2 unspecified atom stereocenters. The fourth-order valence-corrected chi connectivity index (χ4v) is 6.76. The van der Waals surface area contributed by atoms with E-state index in [0.717, 1.165) is 28.1 Å². The zero-order valence-corrected chi connectivity index (χ0v) is 24.8. The van der Waals surface area contributed by atoms with Gasteiger partial charge in [-0.05, 0) is 86.8 Å². The Hall–Kier alpha value is -5.74. The van der Waals surface area contributed by atoms with E-state index in [9.17, 15) is 0 Å². The summed E-state index contributed by atoms with van der Waals surface area (Å²) < 4.78 is 0. The van der Waals surface area contributed by atoms with Gasteiger partial charge < -0.3 is 10.6 Å². The van der Waals surface area contributed by atoms with Gasteiger partial charge in [-0.2, -0.15) is 0 Å². The molecule has 8 rings (SSSR count). The van der Waals surface area contributed by atoms with Gasteiger partial charge in [0, 0.05) is 47.2 Å². The number of aliphatic imine (C=N–C) groups is 1. The van der Waals surface area contributed by atoms with Crippen LogP contribution in [-0.2, 0) is 6.42 Å². The maximum absolute atomic E-state index is 6.91. The van der Waals surface area contributed by atoms with E-state index in [1.54, 1.807) is 0 Å². The normalized spacial score (nSPS) is 17.6. The van der Waals surface area contributed by atoms with Crippen LogP contribution in [0.3, 0.4) is 0 Å². The van der Waals surface area contributed by atoms with Crippen molar-refractivity contribution in [1.82, 2.24) is 4.98 Å². The Morgan fingerprint density at radius 1 is 0.778 bits per heavy atom. The zero-order valence-electron chi connectivity index (χ0n) is 24.8. The molecule has 45 heavy (non-hydrogen) atoms. The first-order valence-corrected chi connectivity index (χ1v) is 15.4. The van der Waals surface area contributed by atoms with Crippen molar-refractivity contribution in [2.75, 3.05) is 4.90 Å². The van der Waals surface area contributed by atoms with Gasteiger partial charge in [0.1, 0.15) is 6.04 Å². The van der Waals surface area contributed by atoms with Crippen LogP contribution in [0.4, 0.5) is 11.4 Å². The second kappa shape index (κ2) is 11.4. The fourth-order valence-electron chi connectivity index (χ4n) is 6.76. The van der Waals surface area contributed by atoms with Crippen molar-refractivity contribution in [3.05, 3.63) is 174 Å². The van der Waals surface area contributed by atoms with E-state index in [1.165, 1.54) is 32.8 Å². The van der Waals surface area contributed by atoms with Gasteiger partial charge in [-0.3, -0.25) is 9.98 Å². The number of nitrogens with two attached hydrogens (primary N) is 1. The number of rotatable bonds is 6. The number of aromatic nitrogens is 1. The van der Waals surface area contributed by atoms with Crippen LogP contribution >= 0.6 is 0 Å². The molecule has 0 aliphatic carbocycles. The molecule has 0 radical (unpaired) electrons. The Bertz CT molecular complexity index is 2160. The van der Waals surface area contributed by atoms with E-state index in [-0.39, 0.29) is 12.1 Å². The largest absolute Gasteiger partial charge is 0.398 e. The van der Waals surface area contributed by atoms with Gasteiger partial charge in [-0.1, -0.05) is 97.1 Å². The third-order valence-electron chi connectivity index (χ3n) is 8.90. The third kappa shape index (κ3) is 4.91. The first-order chi connectivity index (χ1) is 22.2. The maximum Gasteiger partial charge on any atom is 0.101 e. The molecule has 216 valence electrons. The van der Waals surface area contributed by atoms with Crippen molar-refractivity contribution < 1.29 is 0 Å². The van der Waals surface area contributed by atoms with Crippen LogP contribution in [-0.4, -0.2) is 17.2 Å². The molecular formula is C41H32N4. The summed E-state index contributed by atoms with van der Waals surface area (Å²) in [5.41, 5.74) is 15.4. The molecule has 2 N–H and O–H groups in total. The standard InChI is InChI=1S/C41H32N4/c42-38(28-19-22-32(23-20-28)45-39-16-6-5-15-36(39)41-40(45)17-9-25-44-41)27-30(18-21-31-11-7-8-24-43-31)37-26-29-10-1-2-12-33(29)34-13-3-4-14-35(34)37/h1-20,22-27,40-41H,21,42H2/b30-18+,38-27-. The van der Waals surface area contributed by atoms with Crippen molar-refractivity contribution in [3.8, 4) is 0 Å². The van der Waals surface area contributed by atoms with E-state index in [1.807, 2.05) is 30.6 Å².